The Labute approximate surface area is 159 Å². The highest BCUT2D eigenvalue weighted by atomic mass is 32.2. The fourth-order valence-corrected chi connectivity index (χ4v) is 2.68. The number of rotatable bonds is 11. The zero-order valence-corrected chi connectivity index (χ0v) is 15.7. The maximum Gasteiger partial charge on any atom is 0.283 e. The van der Waals surface area contributed by atoms with E-state index in [2.05, 4.69) is 10.6 Å². The van der Waals surface area contributed by atoms with Crippen molar-refractivity contribution in [3.05, 3.63) is 60.2 Å². The number of carbonyl (C=O) groups excluding carboxylic acids is 1. The molecule has 0 radical (unpaired) electrons. The third-order valence-electron chi connectivity index (χ3n) is 3.72. The second-order valence-corrected chi connectivity index (χ2v) is 7.41. The van der Waals surface area contributed by atoms with Crippen LogP contribution in [0.4, 0.5) is 5.69 Å². The van der Waals surface area contributed by atoms with E-state index in [9.17, 15) is 13.2 Å². The predicted molar refractivity (Wildman–Crippen MR) is 105 cm³/mol. The lowest BCUT2D eigenvalue weighted by atomic mass is 10.2. The van der Waals surface area contributed by atoms with Crippen molar-refractivity contribution >= 4 is 21.7 Å². The standard InChI is InChI=1S/C19H24N2O5S/c22-19(16-7-3-1-4-8-16)20-13-5-2-6-14-26-18-11-9-17(10-12-18)21-15-27(23,24)25/h1,3-4,7-12,21H,2,5-6,13-15H2,(H,20,22)(H,23,24,25). The number of carbonyl (C=O) groups is 1. The Bertz CT molecular complexity index is 808. The van der Waals surface area contributed by atoms with Crippen LogP contribution in [0.25, 0.3) is 0 Å². The van der Waals surface area contributed by atoms with Gasteiger partial charge in [-0.1, -0.05) is 18.2 Å². The number of nitrogens with one attached hydrogen (secondary N) is 2. The summed E-state index contributed by atoms with van der Waals surface area (Å²) < 4.78 is 35.7. The molecule has 8 heteroatoms. The van der Waals surface area contributed by atoms with E-state index < -0.39 is 16.0 Å². The van der Waals surface area contributed by atoms with Crippen LogP contribution in [-0.2, 0) is 10.1 Å². The average molecular weight is 392 g/mol. The van der Waals surface area contributed by atoms with Crippen LogP contribution in [0, 0.1) is 0 Å². The number of benzene rings is 2. The van der Waals surface area contributed by atoms with Gasteiger partial charge in [0.2, 0.25) is 0 Å². The van der Waals surface area contributed by atoms with Gasteiger partial charge in [-0.3, -0.25) is 9.35 Å². The topological polar surface area (TPSA) is 105 Å². The van der Waals surface area contributed by atoms with Gasteiger partial charge in [-0.15, -0.1) is 0 Å². The molecule has 2 aromatic carbocycles. The van der Waals surface area contributed by atoms with Crippen molar-refractivity contribution < 1.29 is 22.5 Å². The van der Waals surface area contributed by atoms with Crippen LogP contribution in [0.2, 0.25) is 0 Å². The number of anilines is 1. The van der Waals surface area contributed by atoms with E-state index in [4.69, 9.17) is 9.29 Å². The Morgan fingerprint density at radius 2 is 1.67 bits per heavy atom. The summed E-state index contributed by atoms with van der Waals surface area (Å²) in [5.74, 6) is 0.0907. The summed E-state index contributed by atoms with van der Waals surface area (Å²) in [5, 5.41) is 5.48. The minimum atomic E-state index is -4.05. The summed E-state index contributed by atoms with van der Waals surface area (Å²) in [5.41, 5.74) is 1.24. The monoisotopic (exact) mass is 392 g/mol. The summed E-state index contributed by atoms with van der Waals surface area (Å²) >= 11 is 0. The van der Waals surface area contributed by atoms with Crippen LogP contribution < -0.4 is 15.4 Å². The van der Waals surface area contributed by atoms with Crippen LogP contribution in [-0.4, -0.2) is 37.9 Å². The number of unbranched alkanes of at least 4 members (excludes halogenated alkanes) is 2. The zero-order chi connectivity index (χ0) is 19.5. The normalized spacial score (nSPS) is 11.0. The quantitative estimate of drug-likeness (QED) is 0.401. The number of amides is 1. The number of hydrogen-bond donors (Lipinski definition) is 3. The van der Waals surface area contributed by atoms with Crippen molar-refractivity contribution in [1.29, 1.82) is 0 Å². The van der Waals surface area contributed by atoms with Gasteiger partial charge in [0, 0.05) is 17.8 Å². The molecule has 0 saturated carbocycles. The van der Waals surface area contributed by atoms with E-state index in [1.807, 2.05) is 18.2 Å². The predicted octanol–water partition coefficient (Wildman–Crippen LogP) is 2.92. The van der Waals surface area contributed by atoms with Crippen LogP contribution in [0.3, 0.4) is 0 Å². The minimum absolute atomic E-state index is 0.0606. The van der Waals surface area contributed by atoms with Gasteiger partial charge in [-0.2, -0.15) is 8.42 Å². The Balaban J connectivity index is 1.56. The Hall–Kier alpha value is -2.58. The maximum absolute atomic E-state index is 11.9. The highest BCUT2D eigenvalue weighted by molar-refractivity contribution is 7.85. The molecule has 27 heavy (non-hydrogen) atoms. The molecule has 0 bridgehead atoms. The molecule has 1 amide bonds. The van der Waals surface area contributed by atoms with Crippen molar-refractivity contribution in [3.8, 4) is 5.75 Å². The third kappa shape index (κ3) is 8.57. The van der Waals surface area contributed by atoms with Gasteiger partial charge in [0.1, 0.15) is 11.6 Å². The van der Waals surface area contributed by atoms with E-state index >= 15 is 0 Å². The van der Waals surface area contributed by atoms with E-state index in [0.29, 0.717) is 30.2 Å². The molecule has 0 unspecified atom stereocenters. The van der Waals surface area contributed by atoms with Crippen LogP contribution >= 0.6 is 0 Å². The van der Waals surface area contributed by atoms with E-state index in [1.54, 1.807) is 36.4 Å². The lowest BCUT2D eigenvalue weighted by Gasteiger charge is -2.08. The molecular weight excluding hydrogens is 368 g/mol. The van der Waals surface area contributed by atoms with Crippen molar-refractivity contribution in [2.45, 2.75) is 19.3 Å². The molecule has 7 nitrogen and oxygen atoms in total. The lowest BCUT2D eigenvalue weighted by Crippen LogP contribution is -2.24. The first kappa shape index (κ1) is 20.7. The fraction of sp³-hybridized carbons (Fsp3) is 0.316. The molecule has 0 spiro atoms. The van der Waals surface area contributed by atoms with Crippen LogP contribution in [0.15, 0.2) is 54.6 Å². The molecule has 0 saturated heterocycles. The smallest absolute Gasteiger partial charge is 0.283 e. The van der Waals surface area contributed by atoms with Crippen molar-refractivity contribution in [1.82, 2.24) is 5.32 Å². The first-order chi connectivity index (χ1) is 12.9. The van der Waals surface area contributed by atoms with Crippen molar-refractivity contribution in [2.75, 3.05) is 24.3 Å². The molecule has 0 aliphatic carbocycles. The molecule has 0 heterocycles. The summed E-state index contributed by atoms with van der Waals surface area (Å²) in [6.07, 6.45) is 2.67. The zero-order valence-electron chi connectivity index (χ0n) is 14.9. The van der Waals surface area contributed by atoms with Gasteiger partial charge < -0.3 is 15.4 Å². The summed E-state index contributed by atoms with van der Waals surface area (Å²) in [4.78, 5) is 11.9. The SMILES string of the molecule is O=C(NCCCCCOc1ccc(NCS(=O)(=O)O)cc1)c1ccccc1. The Morgan fingerprint density at radius 1 is 0.963 bits per heavy atom. The Kier molecular flexibility index (Phi) is 8.09. The van der Waals surface area contributed by atoms with Crippen LogP contribution in [0.1, 0.15) is 29.6 Å². The molecule has 0 atom stereocenters. The van der Waals surface area contributed by atoms with Crippen molar-refractivity contribution in [2.24, 2.45) is 0 Å². The Morgan fingerprint density at radius 3 is 2.33 bits per heavy atom. The van der Waals surface area contributed by atoms with E-state index in [0.717, 1.165) is 19.3 Å². The average Bonchev–Trinajstić information content (AvgIpc) is 2.66. The lowest BCUT2D eigenvalue weighted by molar-refractivity contribution is 0.0953. The summed E-state index contributed by atoms with van der Waals surface area (Å²) in [6, 6.07) is 15.9. The fourth-order valence-electron chi connectivity index (χ4n) is 2.33. The highest BCUT2D eigenvalue weighted by Gasteiger charge is 2.04. The molecule has 0 aliphatic heterocycles. The largest absolute Gasteiger partial charge is 0.494 e. The maximum atomic E-state index is 11.9. The highest BCUT2D eigenvalue weighted by Crippen LogP contribution is 2.16. The van der Waals surface area contributed by atoms with Crippen molar-refractivity contribution in [3.63, 3.8) is 0 Å². The first-order valence-electron chi connectivity index (χ1n) is 8.69. The molecule has 2 rings (SSSR count). The summed E-state index contributed by atoms with van der Waals surface area (Å²) in [6.45, 7) is 1.19. The van der Waals surface area contributed by atoms with Gasteiger partial charge in [0.05, 0.1) is 6.61 Å². The molecule has 2 aromatic rings. The molecule has 146 valence electrons. The van der Waals surface area contributed by atoms with Gasteiger partial charge >= 0.3 is 0 Å². The third-order valence-corrected chi connectivity index (χ3v) is 4.23. The molecule has 0 aliphatic rings. The van der Waals surface area contributed by atoms with Gasteiger partial charge in [-0.05, 0) is 55.7 Å². The molecule has 3 N–H and O–H groups in total. The molecule has 0 aromatic heterocycles. The van der Waals surface area contributed by atoms with Crippen LogP contribution in [0.5, 0.6) is 5.75 Å². The van der Waals surface area contributed by atoms with E-state index in [1.165, 1.54) is 0 Å². The second kappa shape index (κ2) is 10.5. The second-order valence-electron chi connectivity index (χ2n) is 5.96. The van der Waals surface area contributed by atoms with Gasteiger partial charge in [0.25, 0.3) is 16.0 Å². The van der Waals surface area contributed by atoms with Gasteiger partial charge in [0.15, 0.2) is 0 Å². The minimum Gasteiger partial charge on any atom is -0.494 e. The molecule has 0 fully saturated rings. The first-order valence-corrected chi connectivity index (χ1v) is 10.3. The molecular formula is C19H24N2O5S. The van der Waals surface area contributed by atoms with Gasteiger partial charge in [-0.25, -0.2) is 0 Å². The summed E-state index contributed by atoms with van der Waals surface area (Å²) in [7, 11) is -4.05. The van der Waals surface area contributed by atoms with E-state index in [-0.39, 0.29) is 5.91 Å². The number of hydrogen-bond acceptors (Lipinski definition) is 5. The number of ether oxygens (including phenoxy) is 1.